The zero-order valence-corrected chi connectivity index (χ0v) is 29.5. The monoisotopic (exact) mass is 654 g/mol. The van der Waals surface area contributed by atoms with Crippen LogP contribution in [0, 0.1) is 6.92 Å². The minimum absolute atomic E-state index is 0.0335. The van der Waals surface area contributed by atoms with Gasteiger partial charge >= 0.3 is 0 Å². The second kappa shape index (κ2) is 11.0. The summed E-state index contributed by atoms with van der Waals surface area (Å²) >= 11 is 0. The molecular formula is C50H38O. The standard InChI is InChI=1S/C50H38O/c1-30-16-18-31(19-17-30)42-28-44(36-24-32-10-5-6-11-33(32)25-36)40-21-20-39-43(34-13-9-14-37(26-34)50(2,3)4)29-45(41-23-22-38(42)48(40)49(39)41)47-27-35-12-7-8-15-46(35)51-47/h5-24,26-29H,25H2,1-4H3. The minimum atomic E-state index is 0.0335. The number of benzene rings is 8. The highest BCUT2D eigenvalue weighted by atomic mass is 16.3. The van der Waals surface area contributed by atoms with Crippen molar-refractivity contribution < 1.29 is 4.42 Å². The summed E-state index contributed by atoms with van der Waals surface area (Å²) in [5.74, 6) is 0.898. The summed E-state index contributed by atoms with van der Waals surface area (Å²) in [5, 5.41) is 8.80. The molecule has 1 aliphatic rings. The number of para-hydroxylation sites is 1. The van der Waals surface area contributed by atoms with Gasteiger partial charge in [0.15, 0.2) is 0 Å². The molecule has 0 atom stereocenters. The van der Waals surface area contributed by atoms with Crippen LogP contribution in [0.1, 0.15) is 48.6 Å². The van der Waals surface area contributed by atoms with Gasteiger partial charge in [0.2, 0.25) is 0 Å². The van der Waals surface area contributed by atoms with Crippen molar-refractivity contribution in [1.29, 1.82) is 0 Å². The van der Waals surface area contributed by atoms with Crippen LogP contribution in [0.4, 0.5) is 0 Å². The van der Waals surface area contributed by atoms with Gasteiger partial charge < -0.3 is 4.42 Å². The molecule has 1 heterocycles. The number of hydrogen-bond acceptors (Lipinski definition) is 1. The van der Waals surface area contributed by atoms with E-state index in [1.807, 2.05) is 6.07 Å². The zero-order valence-electron chi connectivity index (χ0n) is 29.5. The Morgan fingerprint density at radius 2 is 1.18 bits per heavy atom. The van der Waals surface area contributed by atoms with E-state index < -0.39 is 0 Å². The summed E-state index contributed by atoms with van der Waals surface area (Å²) in [5.41, 5.74) is 15.0. The molecule has 0 radical (unpaired) electrons. The average Bonchev–Trinajstić information content (AvgIpc) is 3.78. The van der Waals surface area contributed by atoms with Gasteiger partial charge in [-0.05, 0) is 125 Å². The Balaban J connectivity index is 1.35. The molecule has 0 bridgehead atoms. The normalized spacial score (nSPS) is 13.1. The molecule has 9 aromatic rings. The molecule has 244 valence electrons. The van der Waals surface area contributed by atoms with Gasteiger partial charge in [-0.2, -0.15) is 0 Å². The summed E-state index contributed by atoms with van der Waals surface area (Å²) in [6.45, 7) is 9.04. The Hall–Kier alpha value is -5.92. The molecule has 0 unspecified atom stereocenters. The van der Waals surface area contributed by atoms with Gasteiger partial charge in [0.05, 0.1) is 0 Å². The second-order valence-electron chi connectivity index (χ2n) is 15.4. The summed E-state index contributed by atoms with van der Waals surface area (Å²) in [6, 6.07) is 51.8. The smallest absolute Gasteiger partial charge is 0.136 e. The molecule has 8 aromatic carbocycles. The second-order valence-corrected chi connectivity index (χ2v) is 15.4. The van der Waals surface area contributed by atoms with Crippen LogP contribution in [0.25, 0.3) is 88.5 Å². The van der Waals surface area contributed by atoms with Crippen molar-refractivity contribution in [2.45, 2.75) is 39.5 Å². The van der Waals surface area contributed by atoms with Crippen LogP contribution in [0.15, 0.2) is 144 Å². The number of allylic oxidation sites excluding steroid dienone is 1. The Morgan fingerprint density at radius 3 is 1.90 bits per heavy atom. The minimum Gasteiger partial charge on any atom is -0.456 e. The maximum absolute atomic E-state index is 6.65. The molecule has 0 spiro atoms. The fraction of sp³-hybridized carbons (Fsp3) is 0.120. The lowest BCUT2D eigenvalue weighted by molar-refractivity contribution is 0.590. The average molecular weight is 655 g/mol. The van der Waals surface area contributed by atoms with E-state index in [2.05, 4.69) is 167 Å². The molecule has 0 saturated heterocycles. The van der Waals surface area contributed by atoms with E-state index in [-0.39, 0.29) is 5.41 Å². The van der Waals surface area contributed by atoms with Crippen molar-refractivity contribution in [3.05, 3.63) is 167 Å². The lowest BCUT2D eigenvalue weighted by Crippen LogP contribution is -2.10. The van der Waals surface area contributed by atoms with Gasteiger partial charge in [-0.15, -0.1) is 0 Å². The predicted molar refractivity (Wildman–Crippen MR) is 218 cm³/mol. The van der Waals surface area contributed by atoms with Crippen LogP contribution in [0.5, 0.6) is 0 Å². The number of fused-ring (bicyclic) bond motifs is 2. The molecule has 0 saturated carbocycles. The highest BCUT2D eigenvalue weighted by molar-refractivity contribution is 6.31. The van der Waals surface area contributed by atoms with Gasteiger partial charge in [-0.3, -0.25) is 0 Å². The van der Waals surface area contributed by atoms with Gasteiger partial charge in [0.1, 0.15) is 11.3 Å². The topological polar surface area (TPSA) is 13.1 Å². The van der Waals surface area contributed by atoms with Gasteiger partial charge in [0, 0.05) is 10.9 Å². The van der Waals surface area contributed by atoms with Crippen LogP contribution in [0.2, 0.25) is 0 Å². The molecule has 1 nitrogen and oxygen atoms in total. The van der Waals surface area contributed by atoms with E-state index in [4.69, 9.17) is 4.42 Å². The van der Waals surface area contributed by atoms with Crippen LogP contribution in [-0.4, -0.2) is 0 Å². The Kier molecular flexibility index (Phi) is 6.48. The first kappa shape index (κ1) is 29.9. The fourth-order valence-electron chi connectivity index (χ4n) is 8.39. The summed E-state index contributed by atoms with van der Waals surface area (Å²) < 4.78 is 6.65. The fourth-order valence-corrected chi connectivity index (χ4v) is 8.39. The number of hydrogen-bond donors (Lipinski definition) is 0. The highest BCUT2D eigenvalue weighted by Crippen LogP contribution is 2.49. The largest absolute Gasteiger partial charge is 0.456 e. The maximum atomic E-state index is 6.65. The number of furan rings is 1. The third kappa shape index (κ3) is 4.76. The van der Waals surface area contributed by atoms with Crippen molar-refractivity contribution >= 4 is 54.9 Å². The van der Waals surface area contributed by atoms with Crippen LogP contribution >= 0.6 is 0 Å². The van der Waals surface area contributed by atoms with Gasteiger partial charge in [0.25, 0.3) is 0 Å². The molecule has 0 aliphatic heterocycles. The maximum Gasteiger partial charge on any atom is 0.136 e. The molecule has 10 rings (SSSR count). The first-order chi connectivity index (χ1) is 24.8. The molecule has 0 fully saturated rings. The Morgan fingerprint density at radius 1 is 0.529 bits per heavy atom. The van der Waals surface area contributed by atoms with Crippen LogP contribution in [0.3, 0.4) is 0 Å². The first-order valence-corrected chi connectivity index (χ1v) is 18.0. The number of rotatable bonds is 4. The molecule has 1 aromatic heterocycles. The van der Waals surface area contributed by atoms with Gasteiger partial charge in [-0.25, -0.2) is 0 Å². The summed E-state index contributed by atoms with van der Waals surface area (Å²) in [6.07, 6.45) is 3.34. The van der Waals surface area contributed by atoms with E-state index in [1.54, 1.807) is 0 Å². The van der Waals surface area contributed by atoms with Crippen molar-refractivity contribution in [1.82, 2.24) is 0 Å². The Bertz CT molecular complexity index is 2820. The summed E-state index contributed by atoms with van der Waals surface area (Å²) in [4.78, 5) is 0. The van der Waals surface area contributed by atoms with E-state index in [1.165, 1.54) is 88.0 Å². The lowest BCUT2D eigenvalue weighted by Gasteiger charge is -2.22. The SMILES string of the molecule is Cc1ccc(-c2cc(C3=Cc4ccccc4C3)c3ccc4c(-c5cccc(C(C)(C)C)c5)cc(-c5cc6ccccc6o5)c5ccc2c3c45)cc1. The Labute approximate surface area is 298 Å². The molecule has 0 amide bonds. The van der Waals surface area contributed by atoms with Crippen molar-refractivity contribution in [2.24, 2.45) is 0 Å². The summed E-state index contributed by atoms with van der Waals surface area (Å²) in [7, 11) is 0. The van der Waals surface area contributed by atoms with Crippen molar-refractivity contribution in [3.8, 4) is 33.6 Å². The van der Waals surface area contributed by atoms with Crippen molar-refractivity contribution in [3.63, 3.8) is 0 Å². The van der Waals surface area contributed by atoms with Crippen LogP contribution < -0.4 is 0 Å². The molecule has 51 heavy (non-hydrogen) atoms. The van der Waals surface area contributed by atoms with E-state index in [0.717, 1.165) is 28.7 Å². The van der Waals surface area contributed by atoms with E-state index >= 15 is 0 Å². The van der Waals surface area contributed by atoms with E-state index in [9.17, 15) is 0 Å². The highest BCUT2D eigenvalue weighted by Gasteiger charge is 2.24. The third-order valence-corrected chi connectivity index (χ3v) is 11.1. The quantitative estimate of drug-likeness (QED) is 0.172. The predicted octanol–water partition coefficient (Wildman–Crippen LogP) is 14.0. The molecule has 1 heteroatoms. The van der Waals surface area contributed by atoms with Crippen LogP contribution in [-0.2, 0) is 11.8 Å². The first-order valence-electron chi connectivity index (χ1n) is 18.0. The molecular weight excluding hydrogens is 617 g/mol. The molecule has 1 aliphatic carbocycles. The molecule has 0 N–H and O–H groups in total. The van der Waals surface area contributed by atoms with Crippen molar-refractivity contribution in [2.75, 3.05) is 0 Å². The third-order valence-electron chi connectivity index (χ3n) is 11.1. The number of aryl methyl sites for hydroxylation is 1. The van der Waals surface area contributed by atoms with E-state index in [0.29, 0.717) is 0 Å². The zero-order chi connectivity index (χ0) is 34.4. The van der Waals surface area contributed by atoms with Gasteiger partial charge in [-0.1, -0.05) is 148 Å². The lowest BCUT2D eigenvalue weighted by atomic mass is 9.81.